The van der Waals surface area contributed by atoms with Crippen LogP contribution in [0.1, 0.15) is 44.2 Å². The number of hydrogen-bond acceptors (Lipinski definition) is 3. The molecule has 3 nitrogen and oxygen atoms in total. The van der Waals surface area contributed by atoms with Crippen LogP contribution in [0.3, 0.4) is 0 Å². The molecular weight excluding hydrogens is 228 g/mol. The summed E-state index contributed by atoms with van der Waals surface area (Å²) in [4.78, 5) is 10.8. The summed E-state index contributed by atoms with van der Waals surface area (Å²) in [7, 11) is 1.66. The highest BCUT2D eigenvalue weighted by Gasteiger charge is 2.07. The fraction of sp³-hybridized carbons (Fsp3) is 0.533. The average molecular weight is 250 g/mol. The Morgan fingerprint density at radius 1 is 1.33 bits per heavy atom. The van der Waals surface area contributed by atoms with Gasteiger partial charge >= 0.3 is 0 Å². The first-order chi connectivity index (χ1) is 8.54. The Morgan fingerprint density at radius 3 is 2.61 bits per heavy atom. The molecule has 0 aromatic heterocycles. The van der Waals surface area contributed by atoms with Crippen LogP contribution < -0.4 is 4.74 Å². The molecule has 0 heterocycles. The molecule has 0 spiro atoms. The molecule has 0 atom stereocenters. The maximum Gasteiger partial charge on any atom is 0.132 e. The van der Waals surface area contributed by atoms with Crippen molar-refractivity contribution in [3.8, 4) is 5.75 Å². The summed E-state index contributed by atoms with van der Waals surface area (Å²) >= 11 is 0. The van der Waals surface area contributed by atoms with E-state index in [2.05, 4.69) is 26.0 Å². The summed E-state index contributed by atoms with van der Waals surface area (Å²) in [5.74, 6) is 1.46. The molecule has 0 aliphatic carbocycles. The van der Waals surface area contributed by atoms with Gasteiger partial charge in [-0.3, -0.25) is 4.79 Å². The van der Waals surface area contributed by atoms with Crippen molar-refractivity contribution in [2.24, 2.45) is 0 Å². The maximum atomic E-state index is 10.8. The number of methoxy groups -OCH3 is 1. The third kappa shape index (κ3) is 4.49. The average Bonchev–Trinajstić information content (AvgIpc) is 2.34. The van der Waals surface area contributed by atoms with Crippen LogP contribution in [0.5, 0.6) is 5.75 Å². The van der Waals surface area contributed by atoms with Crippen molar-refractivity contribution in [1.82, 2.24) is 0 Å². The van der Waals surface area contributed by atoms with E-state index in [-0.39, 0.29) is 5.78 Å². The Kier molecular flexibility index (Phi) is 5.86. The van der Waals surface area contributed by atoms with Gasteiger partial charge in [0.2, 0.25) is 0 Å². The van der Waals surface area contributed by atoms with E-state index in [1.807, 2.05) is 6.07 Å². The molecule has 1 aromatic rings. The first kappa shape index (κ1) is 14.7. The van der Waals surface area contributed by atoms with Gasteiger partial charge in [-0.1, -0.05) is 19.9 Å². The minimum absolute atomic E-state index is 0.151. The Hall–Kier alpha value is -1.35. The predicted octanol–water partition coefficient (Wildman–Crippen LogP) is 3.31. The number of benzene rings is 1. The fourth-order valence-corrected chi connectivity index (χ4v) is 1.67. The van der Waals surface area contributed by atoms with Gasteiger partial charge in [-0.05, 0) is 30.5 Å². The van der Waals surface area contributed by atoms with Crippen molar-refractivity contribution in [3.63, 3.8) is 0 Å². The second-order valence-electron chi connectivity index (χ2n) is 4.73. The zero-order valence-corrected chi connectivity index (χ0v) is 11.7. The van der Waals surface area contributed by atoms with Crippen molar-refractivity contribution in [3.05, 3.63) is 29.3 Å². The van der Waals surface area contributed by atoms with E-state index in [0.717, 1.165) is 11.3 Å². The van der Waals surface area contributed by atoms with Crippen LogP contribution in [0, 0.1) is 0 Å². The van der Waals surface area contributed by atoms with Gasteiger partial charge in [-0.15, -0.1) is 0 Å². The molecule has 0 unspecified atom stereocenters. The molecule has 0 N–H and O–H groups in total. The Labute approximate surface area is 109 Å². The Bertz CT molecular complexity index is 397. The number of ether oxygens (including phenoxy) is 2. The molecule has 1 rings (SSSR count). The molecule has 0 radical (unpaired) electrons. The number of carbonyl (C=O) groups excluding carboxylic acids is 1. The smallest absolute Gasteiger partial charge is 0.132 e. The van der Waals surface area contributed by atoms with Gasteiger partial charge in [0.25, 0.3) is 0 Å². The van der Waals surface area contributed by atoms with Gasteiger partial charge in [0, 0.05) is 12.0 Å². The molecule has 0 amide bonds. The van der Waals surface area contributed by atoms with Gasteiger partial charge in [0.1, 0.15) is 11.5 Å². The van der Waals surface area contributed by atoms with Crippen molar-refractivity contribution >= 4 is 5.78 Å². The minimum Gasteiger partial charge on any atom is -0.496 e. The monoisotopic (exact) mass is 250 g/mol. The first-order valence-corrected chi connectivity index (χ1v) is 6.28. The molecule has 100 valence electrons. The zero-order chi connectivity index (χ0) is 13.5. The second-order valence-corrected chi connectivity index (χ2v) is 4.73. The van der Waals surface area contributed by atoms with E-state index in [1.165, 1.54) is 5.56 Å². The van der Waals surface area contributed by atoms with Crippen molar-refractivity contribution in [2.75, 3.05) is 13.7 Å². The van der Waals surface area contributed by atoms with Crippen LogP contribution >= 0.6 is 0 Å². The molecule has 0 saturated heterocycles. The third-order valence-electron chi connectivity index (χ3n) is 2.83. The van der Waals surface area contributed by atoms with Crippen LogP contribution in [-0.2, 0) is 16.1 Å². The summed E-state index contributed by atoms with van der Waals surface area (Å²) in [5.41, 5.74) is 2.30. The van der Waals surface area contributed by atoms with E-state index in [4.69, 9.17) is 9.47 Å². The number of rotatable bonds is 7. The summed E-state index contributed by atoms with van der Waals surface area (Å²) in [6.07, 6.45) is 0.464. The van der Waals surface area contributed by atoms with E-state index in [0.29, 0.717) is 25.6 Å². The van der Waals surface area contributed by atoms with Crippen molar-refractivity contribution in [2.45, 2.75) is 39.7 Å². The molecule has 1 aromatic carbocycles. The number of hydrogen-bond donors (Lipinski definition) is 0. The third-order valence-corrected chi connectivity index (χ3v) is 2.83. The SMILES string of the molecule is COc1ccc(C(C)C)cc1COCCC(C)=O. The van der Waals surface area contributed by atoms with E-state index in [1.54, 1.807) is 14.0 Å². The number of carbonyl (C=O) groups is 1. The van der Waals surface area contributed by atoms with Gasteiger partial charge in [-0.2, -0.15) is 0 Å². The lowest BCUT2D eigenvalue weighted by molar-refractivity contribution is -0.118. The highest BCUT2D eigenvalue weighted by Crippen LogP contribution is 2.24. The molecule has 18 heavy (non-hydrogen) atoms. The molecule has 0 bridgehead atoms. The van der Waals surface area contributed by atoms with Crippen LogP contribution in [-0.4, -0.2) is 19.5 Å². The van der Waals surface area contributed by atoms with Crippen LogP contribution in [0.25, 0.3) is 0 Å². The largest absolute Gasteiger partial charge is 0.496 e. The van der Waals surface area contributed by atoms with Crippen LogP contribution in [0.4, 0.5) is 0 Å². The number of ketones is 1. The van der Waals surface area contributed by atoms with E-state index in [9.17, 15) is 4.79 Å². The quantitative estimate of drug-likeness (QED) is 0.696. The predicted molar refractivity (Wildman–Crippen MR) is 72.0 cm³/mol. The molecular formula is C15H22O3. The minimum atomic E-state index is 0.151. The molecule has 0 aliphatic heterocycles. The second kappa shape index (κ2) is 7.17. The highest BCUT2D eigenvalue weighted by atomic mass is 16.5. The summed E-state index contributed by atoms with van der Waals surface area (Å²) in [5, 5.41) is 0. The van der Waals surface area contributed by atoms with Crippen molar-refractivity contribution in [1.29, 1.82) is 0 Å². The standard InChI is InChI=1S/C15H22O3/c1-11(2)13-5-6-15(17-4)14(9-13)10-18-8-7-12(3)16/h5-6,9,11H,7-8,10H2,1-4H3. The first-order valence-electron chi connectivity index (χ1n) is 6.28. The normalized spacial score (nSPS) is 10.7. The maximum absolute atomic E-state index is 10.8. The van der Waals surface area contributed by atoms with E-state index >= 15 is 0 Å². The van der Waals surface area contributed by atoms with Gasteiger partial charge in [0.05, 0.1) is 20.3 Å². The lowest BCUT2D eigenvalue weighted by Crippen LogP contribution is -2.02. The van der Waals surface area contributed by atoms with Crippen LogP contribution in [0.2, 0.25) is 0 Å². The van der Waals surface area contributed by atoms with Crippen LogP contribution in [0.15, 0.2) is 18.2 Å². The topological polar surface area (TPSA) is 35.5 Å². The van der Waals surface area contributed by atoms with Gasteiger partial charge in [0.15, 0.2) is 0 Å². The summed E-state index contributed by atoms with van der Waals surface area (Å²) in [6.45, 7) is 6.83. The molecule has 0 saturated carbocycles. The molecule has 0 fully saturated rings. The van der Waals surface area contributed by atoms with Gasteiger partial charge < -0.3 is 9.47 Å². The van der Waals surface area contributed by atoms with E-state index < -0.39 is 0 Å². The summed E-state index contributed by atoms with van der Waals surface area (Å²) in [6, 6.07) is 6.15. The molecule has 3 heteroatoms. The zero-order valence-electron chi connectivity index (χ0n) is 11.7. The lowest BCUT2D eigenvalue weighted by atomic mass is 10.0. The highest BCUT2D eigenvalue weighted by molar-refractivity contribution is 5.75. The fourth-order valence-electron chi connectivity index (χ4n) is 1.67. The summed E-state index contributed by atoms with van der Waals surface area (Å²) < 4.78 is 10.8. The van der Waals surface area contributed by atoms with Gasteiger partial charge in [-0.25, -0.2) is 0 Å². The molecule has 0 aliphatic rings. The Morgan fingerprint density at radius 2 is 2.06 bits per heavy atom. The lowest BCUT2D eigenvalue weighted by Gasteiger charge is -2.13. The van der Waals surface area contributed by atoms with Crippen molar-refractivity contribution < 1.29 is 14.3 Å². The number of Topliss-reactive ketones (excluding diaryl/α,β-unsaturated/α-hetero) is 1. The Balaban J connectivity index is 2.66.